The molecule has 6 heteroatoms. The number of rotatable bonds is 4. The van der Waals surface area contributed by atoms with Crippen molar-refractivity contribution >= 4 is 22.9 Å². The minimum atomic E-state index is -0.0943. The maximum Gasteiger partial charge on any atom is 0.304 e. The van der Waals surface area contributed by atoms with E-state index < -0.39 is 0 Å². The van der Waals surface area contributed by atoms with Crippen molar-refractivity contribution in [3.63, 3.8) is 0 Å². The van der Waals surface area contributed by atoms with Crippen molar-refractivity contribution < 1.29 is 4.79 Å². The Bertz CT molecular complexity index is 677. The van der Waals surface area contributed by atoms with E-state index in [1.165, 1.54) is 5.56 Å². The number of H-pyrrole nitrogens is 1. The van der Waals surface area contributed by atoms with Gasteiger partial charge in [0, 0.05) is 35.6 Å². The van der Waals surface area contributed by atoms with Crippen molar-refractivity contribution in [1.29, 1.82) is 0 Å². The zero-order chi connectivity index (χ0) is 13.9. The number of hydrogen-bond acceptors (Lipinski definition) is 4. The van der Waals surface area contributed by atoms with Crippen LogP contribution in [-0.2, 0) is 11.3 Å². The summed E-state index contributed by atoms with van der Waals surface area (Å²) in [6.07, 6.45) is 0.457. The van der Waals surface area contributed by atoms with Crippen LogP contribution in [0.2, 0.25) is 0 Å². The van der Waals surface area contributed by atoms with E-state index in [0.717, 1.165) is 29.3 Å². The minimum Gasteiger partial charge on any atom is -0.384 e. The third kappa shape index (κ3) is 2.75. The molecule has 1 aromatic heterocycles. The molecule has 1 aromatic carbocycles. The van der Waals surface area contributed by atoms with Crippen LogP contribution in [0.4, 0.5) is 5.69 Å². The SMILES string of the molecule is O=C(CC1CNc2ccccc21)NCc1csc(=O)[nH]1. The first-order chi connectivity index (χ1) is 9.72. The maximum absolute atomic E-state index is 12.0. The Kier molecular flexibility index (Phi) is 3.56. The molecule has 5 nitrogen and oxygen atoms in total. The minimum absolute atomic E-state index is 0.000511. The van der Waals surface area contributed by atoms with Crippen LogP contribution in [-0.4, -0.2) is 17.4 Å². The average molecular weight is 289 g/mol. The van der Waals surface area contributed by atoms with Crippen LogP contribution in [0.25, 0.3) is 0 Å². The van der Waals surface area contributed by atoms with E-state index in [0.29, 0.717) is 13.0 Å². The highest BCUT2D eigenvalue weighted by molar-refractivity contribution is 7.07. The summed E-state index contributed by atoms with van der Waals surface area (Å²) in [6.45, 7) is 1.17. The van der Waals surface area contributed by atoms with E-state index >= 15 is 0 Å². The van der Waals surface area contributed by atoms with Gasteiger partial charge in [-0.3, -0.25) is 9.59 Å². The maximum atomic E-state index is 12.0. The van der Waals surface area contributed by atoms with Crippen LogP contribution in [0, 0.1) is 0 Å². The molecule has 0 radical (unpaired) electrons. The fourth-order valence-corrected chi connectivity index (χ4v) is 3.01. The lowest BCUT2D eigenvalue weighted by molar-refractivity contribution is -0.121. The van der Waals surface area contributed by atoms with Crippen molar-refractivity contribution in [2.45, 2.75) is 18.9 Å². The molecule has 2 heterocycles. The second kappa shape index (κ2) is 5.50. The number of fused-ring (bicyclic) bond motifs is 1. The number of carbonyl (C=O) groups excluding carboxylic acids is 1. The summed E-state index contributed by atoms with van der Waals surface area (Å²) in [4.78, 5) is 25.5. The highest BCUT2D eigenvalue weighted by atomic mass is 32.1. The quantitative estimate of drug-likeness (QED) is 0.801. The summed E-state index contributed by atoms with van der Waals surface area (Å²) in [6, 6.07) is 8.07. The molecule has 1 aliphatic rings. The van der Waals surface area contributed by atoms with E-state index in [-0.39, 0.29) is 16.7 Å². The second-order valence-corrected chi connectivity index (χ2v) is 5.66. The van der Waals surface area contributed by atoms with E-state index in [9.17, 15) is 9.59 Å². The number of hydrogen-bond donors (Lipinski definition) is 3. The summed E-state index contributed by atoms with van der Waals surface area (Å²) in [5, 5.41) is 7.88. The van der Waals surface area contributed by atoms with Crippen LogP contribution < -0.4 is 15.5 Å². The Morgan fingerprint density at radius 3 is 3.05 bits per heavy atom. The highest BCUT2D eigenvalue weighted by Gasteiger charge is 2.23. The van der Waals surface area contributed by atoms with Gasteiger partial charge < -0.3 is 15.6 Å². The smallest absolute Gasteiger partial charge is 0.304 e. The fourth-order valence-electron chi connectivity index (χ4n) is 2.43. The van der Waals surface area contributed by atoms with Crippen molar-refractivity contribution in [3.05, 3.63) is 50.6 Å². The fraction of sp³-hybridized carbons (Fsp3) is 0.286. The molecule has 0 aliphatic carbocycles. The lowest BCUT2D eigenvalue weighted by Crippen LogP contribution is -2.25. The Labute approximate surface area is 120 Å². The van der Waals surface area contributed by atoms with Gasteiger partial charge in [0.15, 0.2) is 0 Å². The number of nitrogens with one attached hydrogen (secondary N) is 3. The predicted octanol–water partition coefficient (Wildman–Crippen LogP) is 1.65. The second-order valence-electron chi connectivity index (χ2n) is 4.82. The number of amides is 1. The number of aromatic nitrogens is 1. The topological polar surface area (TPSA) is 74.0 Å². The highest BCUT2D eigenvalue weighted by Crippen LogP contribution is 2.32. The van der Waals surface area contributed by atoms with Crippen molar-refractivity contribution in [2.75, 3.05) is 11.9 Å². The van der Waals surface area contributed by atoms with E-state index in [1.54, 1.807) is 5.38 Å². The predicted molar refractivity (Wildman–Crippen MR) is 79.1 cm³/mol. The molecule has 2 aromatic rings. The third-order valence-electron chi connectivity index (χ3n) is 3.42. The van der Waals surface area contributed by atoms with Gasteiger partial charge in [-0.1, -0.05) is 29.5 Å². The molecule has 0 saturated heterocycles. The van der Waals surface area contributed by atoms with Crippen LogP contribution >= 0.6 is 11.3 Å². The normalized spacial score (nSPS) is 16.5. The van der Waals surface area contributed by atoms with Gasteiger partial charge in [-0.25, -0.2) is 0 Å². The number of benzene rings is 1. The number of anilines is 1. The molecule has 0 fully saturated rings. The number of carbonyl (C=O) groups is 1. The summed E-state index contributed by atoms with van der Waals surface area (Å²) in [5.41, 5.74) is 3.07. The molecule has 3 N–H and O–H groups in total. The zero-order valence-corrected chi connectivity index (χ0v) is 11.6. The van der Waals surface area contributed by atoms with Gasteiger partial charge in [0.05, 0.1) is 6.54 Å². The number of para-hydroxylation sites is 1. The molecule has 0 saturated carbocycles. The van der Waals surface area contributed by atoms with Crippen molar-refractivity contribution in [3.8, 4) is 0 Å². The summed E-state index contributed by atoms with van der Waals surface area (Å²) in [5.74, 6) is 0.216. The molecule has 1 atom stereocenters. The van der Waals surface area contributed by atoms with E-state index in [4.69, 9.17) is 0 Å². The third-order valence-corrected chi connectivity index (χ3v) is 4.14. The van der Waals surface area contributed by atoms with Crippen LogP contribution in [0.15, 0.2) is 34.4 Å². The van der Waals surface area contributed by atoms with Gasteiger partial charge in [-0.15, -0.1) is 0 Å². The summed E-state index contributed by atoms with van der Waals surface area (Å²) < 4.78 is 0. The van der Waals surface area contributed by atoms with Crippen LogP contribution in [0.3, 0.4) is 0 Å². The van der Waals surface area contributed by atoms with E-state index in [2.05, 4.69) is 21.7 Å². The first-order valence-corrected chi connectivity index (χ1v) is 7.36. The first-order valence-electron chi connectivity index (χ1n) is 6.48. The van der Waals surface area contributed by atoms with E-state index in [1.807, 2.05) is 18.2 Å². The standard InChI is InChI=1S/C14H15N3O2S/c18-13(16-7-10-8-20-14(19)17-10)5-9-6-15-12-4-2-1-3-11(9)12/h1-4,8-9,15H,5-7H2,(H,16,18)(H,17,19). The van der Waals surface area contributed by atoms with Crippen LogP contribution in [0.1, 0.15) is 23.6 Å². The van der Waals surface area contributed by atoms with Gasteiger partial charge in [-0.2, -0.15) is 0 Å². The molecule has 0 bridgehead atoms. The Morgan fingerprint density at radius 1 is 1.40 bits per heavy atom. The van der Waals surface area contributed by atoms with Gasteiger partial charge in [-0.05, 0) is 11.6 Å². The Hall–Kier alpha value is -2.08. The summed E-state index contributed by atoms with van der Waals surface area (Å²) in [7, 11) is 0. The molecule has 1 amide bonds. The molecular formula is C14H15N3O2S. The van der Waals surface area contributed by atoms with Gasteiger partial charge in [0.1, 0.15) is 0 Å². The van der Waals surface area contributed by atoms with Gasteiger partial charge in [0.2, 0.25) is 5.91 Å². The molecule has 3 rings (SSSR count). The van der Waals surface area contributed by atoms with Gasteiger partial charge >= 0.3 is 4.87 Å². The van der Waals surface area contributed by atoms with Crippen LogP contribution in [0.5, 0.6) is 0 Å². The molecule has 20 heavy (non-hydrogen) atoms. The van der Waals surface area contributed by atoms with Crippen molar-refractivity contribution in [1.82, 2.24) is 10.3 Å². The molecule has 1 aliphatic heterocycles. The summed E-state index contributed by atoms with van der Waals surface area (Å²) >= 11 is 1.11. The lowest BCUT2D eigenvalue weighted by atomic mass is 9.97. The Balaban J connectivity index is 1.56. The monoisotopic (exact) mass is 289 g/mol. The number of thiazole rings is 1. The zero-order valence-electron chi connectivity index (χ0n) is 10.8. The Morgan fingerprint density at radius 2 is 2.25 bits per heavy atom. The van der Waals surface area contributed by atoms with Gasteiger partial charge in [0.25, 0.3) is 0 Å². The molecule has 1 unspecified atom stereocenters. The van der Waals surface area contributed by atoms with Crippen molar-refractivity contribution in [2.24, 2.45) is 0 Å². The molecule has 0 spiro atoms. The number of aromatic amines is 1. The molecular weight excluding hydrogens is 274 g/mol. The lowest BCUT2D eigenvalue weighted by Gasteiger charge is -2.10. The largest absolute Gasteiger partial charge is 0.384 e. The first kappa shape index (κ1) is 12.9. The average Bonchev–Trinajstić information content (AvgIpc) is 3.04. The molecule has 104 valence electrons.